The predicted octanol–water partition coefficient (Wildman–Crippen LogP) is 3.34. The molecule has 22 heavy (non-hydrogen) atoms. The molecule has 1 aliphatic rings. The minimum absolute atomic E-state index is 0.314. The Labute approximate surface area is 130 Å². The van der Waals surface area contributed by atoms with Crippen LogP contribution in [0.4, 0.5) is 0 Å². The van der Waals surface area contributed by atoms with Crippen molar-refractivity contribution in [1.29, 1.82) is 0 Å². The second-order valence-electron chi connectivity index (χ2n) is 5.69. The lowest BCUT2D eigenvalue weighted by Crippen LogP contribution is -2.22. The van der Waals surface area contributed by atoms with E-state index in [9.17, 15) is 0 Å². The maximum Gasteiger partial charge on any atom is 0.161 e. The van der Waals surface area contributed by atoms with Crippen molar-refractivity contribution in [1.82, 2.24) is 10.1 Å². The molecule has 1 atom stereocenters. The van der Waals surface area contributed by atoms with Gasteiger partial charge in [0.2, 0.25) is 0 Å². The minimum Gasteiger partial charge on any atom is -0.493 e. The Bertz CT molecular complexity index is 639. The Kier molecular flexibility index (Phi) is 4.34. The van der Waals surface area contributed by atoms with E-state index in [2.05, 4.69) is 16.1 Å². The third kappa shape index (κ3) is 2.95. The van der Waals surface area contributed by atoms with E-state index in [1.165, 1.54) is 12.0 Å². The molecule has 2 heterocycles. The van der Waals surface area contributed by atoms with Crippen LogP contribution >= 0.6 is 0 Å². The quantitative estimate of drug-likeness (QED) is 0.848. The van der Waals surface area contributed by atoms with Crippen LogP contribution in [0.5, 0.6) is 11.5 Å². The van der Waals surface area contributed by atoms with Gasteiger partial charge in [-0.05, 0) is 44.0 Å². The van der Waals surface area contributed by atoms with Crippen molar-refractivity contribution >= 4 is 0 Å². The zero-order valence-electron chi connectivity index (χ0n) is 13.3. The number of hydrogen-bond acceptors (Lipinski definition) is 5. The van der Waals surface area contributed by atoms with Crippen LogP contribution in [0.3, 0.4) is 0 Å². The number of ether oxygens (including phenoxy) is 2. The largest absolute Gasteiger partial charge is 0.493 e. The van der Waals surface area contributed by atoms with E-state index in [0.717, 1.165) is 42.5 Å². The molecule has 118 valence electrons. The number of likely N-dealkylation sites (tertiary alicyclic amines) is 1. The Morgan fingerprint density at radius 1 is 1.23 bits per heavy atom. The number of aromatic nitrogens is 1. The fourth-order valence-corrected chi connectivity index (χ4v) is 3.09. The van der Waals surface area contributed by atoms with Crippen LogP contribution in [0.15, 0.2) is 28.8 Å². The van der Waals surface area contributed by atoms with Crippen LogP contribution in [0.2, 0.25) is 0 Å². The highest BCUT2D eigenvalue weighted by Gasteiger charge is 2.29. The Morgan fingerprint density at radius 3 is 2.73 bits per heavy atom. The van der Waals surface area contributed by atoms with Crippen LogP contribution in [0.25, 0.3) is 0 Å². The van der Waals surface area contributed by atoms with E-state index in [4.69, 9.17) is 14.0 Å². The molecule has 1 aromatic heterocycles. The highest BCUT2D eigenvalue weighted by molar-refractivity contribution is 5.42. The fraction of sp³-hybridized carbons (Fsp3) is 0.471. The molecule has 0 spiro atoms. The number of aryl methyl sites for hydroxylation is 1. The lowest BCUT2D eigenvalue weighted by atomic mass is 10.1. The first-order valence-electron chi connectivity index (χ1n) is 7.59. The van der Waals surface area contributed by atoms with Crippen molar-refractivity contribution in [2.75, 3.05) is 20.8 Å². The topological polar surface area (TPSA) is 47.7 Å². The molecule has 1 fully saturated rings. The van der Waals surface area contributed by atoms with Gasteiger partial charge in [0.15, 0.2) is 17.3 Å². The first-order chi connectivity index (χ1) is 10.7. The molecular formula is C17H22N2O3. The van der Waals surface area contributed by atoms with E-state index >= 15 is 0 Å². The molecule has 2 aromatic rings. The van der Waals surface area contributed by atoms with Gasteiger partial charge in [0, 0.05) is 12.6 Å². The summed E-state index contributed by atoms with van der Waals surface area (Å²) in [6.45, 7) is 3.89. The predicted molar refractivity (Wildman–Crippen MR) is 83.2 cm³/mol. The zero-order valence-corrected chi connectivity index (χ0v) is 13.3. The number of rotatable bonds is 5. The third-order valence-corrected chi connectivity index (χ3v) is 4.17. The molecule has 1 saturated heterocycles. The molecule has 1 aromatic carbocycles. The molecule has 0 bridgehead atoms. The van der Waals surface area contributed by atoms with Gasteiger partial charge in [-0.3, -0.25) is 4.90 Å². The van der Waals surface area contributed by atoms with Gasteiger partial charge in [-0.1, -0.05) is 11.2 Å². The van der Waals surface area contributed by atoms with Gasteiger partial charge in [0.25, 0.3) is 0 Å². The van der Waals surface area contributed by atoms with Gasteiger partial charge < -0.3 is 14.0 Å². The summed E-state index contributed by atoms with van der Waals surface area (Å²) in [7, 11) is 3.32. The van der Waals surface area contributed by atoms with Crippen LogP contribution in [-0.2, 0) is 6.54 Å². The van der Waals surface area contributed by atoms with Crippen molar-refractivity contribution in [3.8, 4) is 11.5 Å². The molecule has 3 rings (SSSR count). The Balaban J connectivity index is 1.77. The second kappa shape index (κ2) is 6.40. The molecule has 5 heteroatoms. The molecule has 0 saturated carbocycles. The molecule has 0 amide bonds. The van der Waals surface area contributed by atoms with Crippen LogP contribution < -0.4 is 9.47 Å². The average molecular weight is 302 g/mol. The monoisotopic (exact) mass is 302 g/mol. The fourth-order valence-electron chi connectivity index (χ4n) is 3.09. The van der Waals surface area contributed by atoms with Gasteiger partial charge in [-0.15, -0.1) is 0 Å². The number of hydrogen-bond donors (Lipinski definition) is 0. The first kappa shape index (κ1) is 14.9. The summed E-state index contributed by atoms with van der Waals surface area (Å²) in [4.78, 5) is 2.43. The Hall–Kier alpha value is -2.01. The van der Waals surface area contributed by atoms with E-state index in [1.54, 1.807) is 14.2 Å². The molecule has 0 unspecified atom stereocenters. The maximum atomic E-state index is 5.46. The summed E-state index contributed by atoms with van der Waals surface area (Å²) in [5.74, 6) is 2.50. The number of nitrogens with zero attached hydrogens (tertiary/aromatic N) is 2. The smallest absolute Gasteiger partial charge is 0.161 e. The highest BCUT2D eigenvalue weighted by atomic mass is 16.5. The second-order valence-corrected chi connectivity index (χ2v) is 5.69. The minimum atomic E-state index is 0.314. The third-order valence-electron chi connectivity index (χ3n) is 4.17. The standard InChI is InChI=1S/C17H22N2O3/c1-12-9-16(22-18-12)14-5-4-8-19(14)11-13-6-7-15(20-2)17(10-13)21-3/h6-7,9-10,14H,4-5,8,11H2,1-3H3/t14-/m1/s1. The van der Waals surface area contributed by atoms with Crippen LogP contribution in [0.1, 0.15) is 35.9 Å². The van der Waals surface area contributed by atoms with Crippen molar-refractivity contribution in [2.45, 2.75) is 32.4 Å². The van der Waals surface area contributed by atoms with Gasteiger partial charge in [-0.2, -0.15) is 0 Å². The van der Waals surface area contributed by atoms with Gasteiger partial charge >= 0.3 is 0 Å². The van der Waals surface area contributed by atoms with Crippen LogP contribution in [-0.4, -0.2) is 30.8 Å². The molecule has 5 nitrogen and oxygen atoms in total. The SMILES string of the molecule is COc1ccc(CN2CCC[C@@H]2c2cc(C)no2)cc1OC. The van der Waals surface area contributed by atoms with Crippen LogP contribution in [0, 0.1) is 6.92 Å². The highest BCUT2D eigenvalue weighted by Crippen LogP contribution is 2.35. The Morgan fingerprint density at radius 2 is 2.05 bits per heavy atom. The lowest BCUT2D eigenvalue weighted by Gasteiger charge is -2.22. The maximum absolute atomic E-state index is 5.46. The summed E-state index contributed by atoms with van der Waals surface area (Å²) in [5, 5.41) is 4.01. The van der Waals surface area contributed by atoms with E-state index in [1.807, 2.05) is 25.1 Å². The van der Waals surface area contributed by atoms with Gasteiger partial charge in [-0.25, -0.2) is 0 Å². The summed E-state index contributed by atoms with van der Waals surface area (Å²) in [6, 6.07) is 8.44. The number of benzene rings is 1. The van der Waals surface area contributed by atoms with E-state index < -0.39 is 0 Å². The molecular weight excluding hydrogens is 280 g/mol. The molecule has 0 aliphatic carbocycles. The first-order valence-corrected chi connectivity index (χ1v) is 7.59. The van der Waals surface area contributed by atoms with Crippen molar-refractivity contribution in [3.05, 3.63) is 41.3 Å². The summed E-state index contributed by atoms with van der Waals surface area (Å²) < 4.78 is 16.1. The molecule has 1 aliphatic heterocycles. The van der Waals surface area contributed by atoms with Crippen molar-refractivity contribution in [2.24, 2.45) is 0 Å². The molecule has 0 N–H and O–H groups in total. The van der Waals surface area contributed by atoms with Gasteiger partial charge in [0.05, 0.1) is 26.0 Å². The number of methoxy groups -OCH3 is 2. The average Bonchev–Trinajstić information content (AvgIpc) is 3.15. The normalized spacial score (nSPS) is 18.6. The lowest BCUT2D eigenvalue weighted by molar-refractivity contribution is 0.206. The summed E-state index contributed by atoms with van der Waals surface area (Å²) in [5.41, 5.74) is 2.15. The summed E-state index contributed by atoms with van der Waals surface area (Å²) >= 11 is 0. The summed E-state index contributed by atoms with van der Waals surface area (Å²) in [6.07, 6.45) is 2.29. The van der Waals surface area contributed by atoms with E-state index in [0.29, 0.717) is 6.04 Å². The van der Waals surface area contributed by atoms with Crippen molar-refractivity contribution in [3.63, 3.8) is 0 Å². The van der Waals surface area contributed by atoms with E-state index in [-0.39, 0.29) is 0 Å². The van der Waals surface area contributed by atoms with Crippen molar-refractivity contribution < 1.29 is 14.0 Å². The molecule has 0 radical (unpaired) electrons. The zero-order chi connectivity index (χ0) is 15.5. The van der Waals surface area contributed by atoms with Gasteiger partial charge in [0.1, 0.15) is 0 Å².